The Hall–Kier alpha value is -2.33. The second kappa shape index (κ2) is 8.20. The lowest BCUT2D eigenvalue weighted by atomic mass is 10.0. The molecule has 0 saturated heterocycles. The Morgan fingerprint density at radius 3 is 2.32 bits per heavy atom. The Bertz CT molecular complexity index is 581. The molecule has 1 atom stereocenters. The first-order chi connectivity index (χ1) is 10.7. The molecule has 0 bridgehead atoms. The zero-order valence-corrected chi connectivity index (χ0v) is 12.9. The molecule has 0 fully saturated rings. The molecule has 4 nitrogen and oxygen atoms in total. The molecule has 0 aromatic heterocycles. The van der Waals surface area contributed by atoms with E-state index < -0.39 is 0 Å². The SMILES string of the molecule is COC(=O)CC(NCc1ccc(OC)cc1)c1ccccc1. The number of hydrogen-bond donors (Lipinski definition) is 1. The van der Waals surface area contributed by atoms with E-state index >= 15 is 0 Å². The second-order valence-electron chi connectivity index (χ2n) is 4.97. The summed E-state index contributed by atoms with van der Waals surface area (Å²) < 4.78 is 9.94. The second-order valence-corrected chi connectivity index (χ2v) is 4.97. The van der Waals surface area contributed by atoms with Crippen LogP contribution in [0.25, 0.3) is 0 Å². The lowest BCUT2D eigenvalue weighted by Gasteiger charge is -2.18. The van der Waals surface area contributed by atoms with Gasteiger partial charge in [0.05, 0.1) is 20.6 Å². The van der Waals surface area contributed by atoms with E-state index in [9.17, 15) is 4.79 Å². The van der Waals surface area contributed by atoms with Crippen molar-refractivity contribution < 1.29 is 14.3 Å². The third kappa shape index (κ3) is 4.60. The summed E-state index contributed by atoms with van der Waals surface area (Å²) in [6.07, 6.45) is 0.302. The third-order valence-electron chi connectivity index (χ3n) is 3.51. The first-order valence-corrected chi connectivity index (χ1v) is 7.21. The summed E-state index contributed by atoms with van der Waals surface area (Å²) in [5, 5.41) is 3.41. The maximum atomic E-state index is 11.6. The van der Waals surface area contributed by atoms with Gasteiger partial charge in [-0.15, -0.1) is 0 Å². The first-order valence-electron chi connectivity index (χ1n) is 7.21. The Labute approximate surface area is 131 Å². The summed E-state index contributed by atoms with van der Waals surface area (Å²) in [4.78, 5) is 11.6. The molecular formula is C18H21NO3. The van der Waals surface area contributed by atoms with Gasteiger partial charge in [-0.3, -0.25) is 4.79 Å². The van der Waals surface area contributed by atoms with Crippen molar-refractivity contribution >= 4 is 5.97 Å². The van der Waals surface area contributed by atoms with Crippen molar-refractivity contribution in [1.82, 2.24) is 5.32 Å². The van der Waals surface area contributed by atoms with Gasteiger partial charge < -0.3 is 14.8 Å². The normalized spacial score (nSPS) is 11.7. The molecule has 0 heterocycles. The van der Waals surface area contributed by atoms with Crippen LogP contribution in [-0.4, -0.2) is 20.2 Å². The third-order valence-corrected chi connectivity index (χ3v) is 3.51. The van der Waals surface area contributed by atoms with Crippen LogP contribution in [0.4, 0.5) is 0 Å². The van der Waals surface area contributed by atoms with E-state index in [4.69, 9.17) is 9.47 Å². The smallest absolute Gasteiger partial charge is 0.307 e. The molecule has 0 radical (unpaired) electrons. The molecule has 1 unspecified atom stereocenters. The maximum Gasteiger partial charge on any atom is 0.307 e. The van der Waals surface area contributed by atoms with Gasteiger partial charge in [-0.1, -0.05) is 42.5 Å². The summed E-state index contributed by atoms with van der Waals surface area (Å²) in [6, 6.07) is 17.7. The Balaban J connectivity index is 2.04. The van der Waals surface area contributed by atoms with Crippen LogP contribution >= 0.6 is 0 Å². The standard InChI is InChI=1S/C18H21NO3/c1-21-16-10-8-14(9-11-16)13-19-17(12-18(20)22-2)15-6-4-3-5-7-15/h3-11,17,19H,12-13H2,1-2H3. The zero-order valence-electron chi connectivity index (χ0n) is 12.9. The van der Waals surface area contributed by atoms with Crippen LogP contribution in [0.3, 0.4) is 0 Å². The van der Waals surface area contributed by atoms with Crippen molar-refractivity contribution in [2.24, 2.45) is 0 Å². The lowest BCUT2D eigenvalue weighted by molar-refractivity contribution is -0.141. The summed E-state index contributed by atoms with van der Waals surface area (Å²) in [5.74, 6) is 0.606. The van der Waals surface area contributed by atoms with Crippen molar-refractivity contribution in [1.29, 1.82) is 0 Å². The van der Waals surface area contributed by atoms with Crippen molar-refractivity contribution in [3.8, 4) is 5.75 Å². The zero-order chi connectivity index (χ0) is 15.8. The number of carbonyl (C=O) groups is 1. The van der Waals surface area contributed by atoms with Gasteiger partial charge in [0.15, 0.2) is 0 Å². The molecule has 2 rings (SSSR count). The van der Waals surface area contributed by atoms with Gasteiger partial charge in [0.2, 0.25) is 0 Å². The number of ether oxygens (including phenoxy) is 2. The van der Waals surface area contributed by atoms with Gasteiger partial charge in [0, 0.05) is 12.6 Å². The van der Waals surface area contributed by atoms with Gasteiger partial charge in [0.25, 0.3) is 0 Å². The largest absolute Gasteiger partial charge is 0.497 e. The average Bonchev–Trinajstić information content (AvgIpc) is 2.59. The van der Waals surface area contributed by atoms with Crippen LogP contribution in [-0.2, 0) is 16.1 Å². The number of rotatable bonds is 7. The van der Waals surface area contributed by atoms with Gasteiger partial charge in [-0.2, -0.15) is 0 Å². The quantitative estimate of drug-likeness (QED) is 0.798. The highest BCUT2D eigenvalue weighted by Crippen LogP contribution is 2.18. The minimum absolute atomic E-state index is 0.0734. The molecule has 4 heteroatoms. The predicted octanol–water partition coefficient (Wildman–Crippen LogP) is 3.09. The molecule has 0 aliphatic heterocycles. The molecule has 116 valence electrons. The van der Waals surface area contributed by atoms with Crippen LogP contribution in [0.15, 0.2) is 54.6 Å². The first kappa shape index (κ1) is 16.0. The van der Waals surface area contributed by atoms with Crippen LogP contribution < -0.4 is 10.1 Å². The average molecular weight is 299 g/mol. The number of benzene rings is 2. The minimum Gasteiger partial charge on any atom is -0.497 e. The molecule has 2 aromatic carbocycles. The molecule has 2 aromatic rings. The maximum absolute atomic E-state index is 11.6. The van der Waals surface area contributed by atoms with Crippen molar-refractivity contribution in [3.05, 3.63) is 65.7 Å². The van der Waals surface area contributed by atoms with E-state index in [0.717, 1.165) is 16.9 Å². The van der Waals surface area contributed by atoms with Gasteiger partial charge in [-0.05, 0) is 23.3 Å². The van der Waals surface area contributed by atoms with Crippen LogP contribution in [0, 0.1) is 0 Å². The Morgan fingerprint density at radius 1 is 1.05 bits per heavy atom. The summed E-state index contributed by atoms with van der Waals surface area (Å²) in [5.41, 5.74) is 2.20. The number of nitrogens with one attached hydrogen (secondary N) is 1. The van der Waals surface area contributed by atoms with Crippen LogP contribution in [0.1, 0.15) is 23.6 Å². The summed E-state index contributed by atoms with van der Waals surface area (Å²) in [7, 11) is 3.06. The van der Waals surface area contributed by atoms with Crippen molar-refractivity contribution in [2.75, 3.05) is 14.2 Å². The van der Waals surface area contributed by atoms with Crippen LogP contribution in [0.5, 0.6) is 5.75 Å². The number of methoxy groups -OCH3 is 2. The van der Waals surface area contributed by atoms with E-state index in [1.807, 2.05) is 54.6 Å². The number of hydrogen-bond acceptors (Lipinski definition) is 4. The molecule has 22 heavy (non-hydrogen) atoms. The molecule has 0 aliphatic rings. The predicted molar refractivity (Wildman–Crippen MR) is 85.6 cm³/mol. The molecule has 0 spiro atoms. The molecule has 0 amide bonds. The highest BCUT2D eigenvalue weighted by atomic mass is 16.5. The topological polar surface area (TPSA) is 47.6 Å². The number of carbonyl (C=O) groups excluding carboxylic acids is 1. The van der Waals surface area contributed by atoms with E-state index in [-0.39, 0.29) is 12.0 Å². The van der Waals surface area contributed by atoms with E-state index in [1.165, 1.54) is 7.11 Å². The Kier molecular flexibility index (Phi) is 5.98. The van der Waals surface area contributed by atoms with E-state index in [0.29, 0.717) is 13.0 Å². The molecular weight excluding hydrogens is 278 g/mol. The summed E-state index contributed by atoms with van der Waals surface area (Å²) >= 11 is 0. The molecule has 1 N–H and O–H groups in total. The molecule has 0 aliphatic carbocycles. The highest BCUT2D eigenvalue weighted by molar-refractivity contribution is 5.70. The monoisotopic (exact) mass is 299 g/mol. The minimum atomic E-state index is -0.226. The Morgan fingerprint density at radius 2 is 1.73 bits per heavy atom. The fourth-order valence-electron chi connectivity index (χ4n) is 2.23. The van der Waals surface area contributed by atoms with Crippen LogP contribution in [0.2, 0.25) is 0 Å². The summed E-state index contributed by atoms with van der Waals surface area (Å²) in [6.45, 7) is 0.667. The van der Waals surface area contributed by atoms with Gasteiger partial charge >= 0.3 is 5.97 Å². The van der Waals surface area contributed by atoms with Gasteiger partial charge in [-0.25, -0.2) is 0 Å². The van der Waals surface area contributed by atoms with E-state index in [1.54, 1.807) is 7.11 Å². The molecule has 0 saturated carbocycles. The number of esters is 1. The van der Waals surface area contributed by atoms with Crippen molar-refractivity contribution in [3.63, 3.8) is 0 Å². The highest BCUT2D eigenvalue weighted by Gasteiger charge is 2.15. The van der Waals surface area contributed by atoms with E-state index in [2.05, 4.69) is 5.32 Å². The fraction of sp³-hybridized carbons (Fsp3) is 0.278. The van der Waals surface area contributed by atoms with Crippen molar-refractivity contribution in [2.45, 2.75) is 19.0 Å². The lowest BCUT2D eigenvalue weighted by Crippen LogP contribution is -2.24. The fourth-order valence-corrected chi connectivity index (χ4v) is 2.23. The van der Waals surface area contributed by atoms with Gasteiger partial charge in [0.1, 0.15) is 5.75 Å².